The van der Waals surface area contributed by atoms with Crippen molar-refractivity contribution in [2.45, 2.75) is 46.9 Å². The van der Waals surface area contributed by atoms with Gasteiger partial charge in [-0.05, 0) is 49.9 Å². The molecule has 0 aliphatic rings. The fourth-order valence-corrected chi connectivity index (χ4v) is 2.69. The van der Waals surface area contributed by atoms with E-state index in [0.29, 0.717) is 13.2 Å². The van der Waals surface area contributed by atoms with Crippen molar-refractivity contribution in [3.63, 3.8) is 0 Å². The van der Waals surface area contributed by atoms with Gasteiger partial charge in [0.1, 0.15) is 18.4 Å². The van der Waals surface area contributed by atoms with Gasteiger partial charge >= 0.3 is 5.97 Å². The van der Waals surface area contributed by atoms with Crippen molar-refractivity contribution >= 4 is 5.97 Å². The van der Waals surface area contributed by atoms with Crippen LogP contribution in [0.5, 0.6) is 5.75 Å². The average molecular weight is 327 g/mol. The van der Waals surface area contributed by atoms with E-state index in [9.17, 15) is 4.79 Å². The van der Waals surface area contributed by atoms with Crippen molar-refractivity contribution in [2.75, 3.05) is 0 Å². The van der Waals surface area contributed by atoms with Gasteiger partial charge in [-0.15, -0.1) is 0 Å². The van der Waals surface area contributed by atoms with Crippen LogP contribution in [0.3, 0.4) is 0 Å². The van der Waals surface area contributed by atoms with E-state index in [0.717, 1.165) is 28.0 Å². The number of carboxylic acids is 1. The molecule has 0 saturated carbocycles. The maximum Gasteiger partial charge on any atom is 0.320 e. The van der Waals surface area contributed by atoms with Crippen molar-refractivity contribution in [3.05, 3.63) is 64.2 Å². The van der Waals surface area contributed by atoms with Crippen LogP contribution < -0.4 is 10.1 Å². The van der Waals surface area contributed by atoms with E-state index in [1.807, 2.05) is 32.0 Å². The maximum atomic E-state index is 10.9. The zero-order valence-corrected chi connectivity index (χ0v) is 14.7. The van der Waals surface area contributed by atoms with Crippen LogP contribution in [0, 0.1) is 20.8 Å². The zero-order valence-electron chi connectivity index (χ0n) is 14.7. The topological polar surface area (TPSA) is 58.6 Å². The van der Waals surface area contributed by atoms with Gasteiger partial charge in [0, 0.05) is 6.54 Å². The quantitative estimate of drug-likeness (QED) is 0.813. The maximum absolute atomic E-state index is 10.9. The number of benzene rings is 2. The number of nitrogens with one attached hydrogen (secondary N) is 1. The molecule has 2 aromatic carbocycles. The molecular weight excluding hydrogens is 302 g/mol. The van der Waals surface area contributed by atoms with E-state index in [-0.39, 0.29) is 0 Å². The molecule has 1 atom stereocenters. The van der Waals surface area contributed by atoms with Gasteiger partial charge < -0.3 is 15.2 Å². The molecule has 0 bridgehead atoms. The minimum atomic E-state index is -0.846. The summed E-state index contributed by atoms with van der Waals surface area (Å²) in [6.07, 6.45) is 0. The molecular formula is C20H25NO3. The Balaban J connectivity index is 2.05. The molecule has 0 fully saturated rings. The molecule has 0 spiro atoms. The second kappa shape index (κ2) is 7.97. The van der Waals surface area contributed by atoms with E-state index in [2.05, 4.69) is 30.4 Å². The van der Waals surface area contributed by atoms with Gasteiger partial charge in [0.2, 0.25) is 0 Å². The molecule has 128 valence electrons. The first-order valence-electron chi connectivity index (χ1n) is 8.11. The standard InChI is InChI=1S/C20H25NO3/c1-13-6-5-7-17(8-13)12-24-19-14(2)9-18(10-15(19)3)11-21-16(4)20(22)23/h5-10,16,21H,11-12H2,1-4H3,(H,22,23)/t16-/m1/s1. The van der Waals surface area contributed by atoms with E-state index in [4.69, 9.17) is 9.84 Å². The summed E-state index contributed by atoms with van der Waals surface area (Å²) in [5.41, 5.74) is 5.54. The van der Waals surface area contributed by atoms with Crippen LogP contribution in [0.4, 0.5) is 0 Å². The first kappa shape index (κ1) is 18.0. The summed E-state index contributed by atoms with van der Waals surface area (Å²) >= 11 is 0. The lowest BCUT2D eigenvalue weighted by Gasteiger charge is -2.15. The van der Waals surface area contributed by atoms with Crippen molar-refractivity contribution in [3.8, 4) is 5.75 Å². The fraction of sp³-hybridized carbons (Fsp3) is 0.350. The summed E-state index contributed by atoms with van der Waals surface area (Å²) in [7, 11) is 0. The van der Waals surface area contributed by atoms with Crippen molar-refractivity contribution < 1.29 is 14.6 Å². The Hall–Kier alpha value is -2.33. The normalized spacial score (nSPS) is 12.0. The van der Waals surface area contributed by atoms with Gasteiger partial charge in [-0.25, -0.2) is 0 Å². The van der Waals surface area contributed by atoms with Crippen LogP contribution in [0.25, 0.3) is 0 Å². The third-order valence-corrected chi connectivity index (χ3v) is 3.97. The number of carbonyl (C=O) groups is 1. The average Bonchev–Trinajstić information content (AvgIpc) is 2.51. The summed E-state index contributed by atoms with van der Waals surface area (Å²) < 4.78 is 6.01. The number of carboxylic acid groups (broad SMARTS) is 1. The highest BCUT2D eigenvalue weighted by molar-refractivity contribution is 5.72. The molecule has 0 saturated heterocycles. The van der Waals surface area contributed by atoms with Crippen LogP contribution in [-0.2, 0) is 17.9 Å². The monoisotopic (exact) mass is 327 g/mol. The van der Waals surface area contributed by atoms with Crippen LogP contribution in [-0.4, -0.2) is 17.1 Å². The second-order valence-electron chi connectivity index (χ2n) is 6.28. The number of hydrogen-bond acceptors (Lipinski definition) is 3. The molecule has 24 heavy (non-hydrogen) atoms. The van der Waals surface area contributed by atoms with Gasteiger partial charge in [-0.1, -0.05) is 42.0 Å². The second-order valence-corrected chi connectivity index (χ2v) is 6.28. The van der Waals surface area contributed by atoms with Gasteiger partial charge in [-0.3, -0.25) is 4.79 Å². The predicted molar refractivity (Wildman–Crippen MR) is 95.4 cm³/mol. The number of aliphatic carboxylic acids is 1. The Morgan fingerprint density at radius 3 is 2.38 bits per heavy atom. The van der Waals surface area contributed by atoms with Crippen molar-refractivity contribution in [1.29, 1.82) is 0 Å². The number of ether oxygens (including phenoxy) is 1. The molecule has 0 aliphatic heterocycles. The molecule has 2 N–H and O–H groups in total. The molecule has 0 amide bonds. The summed E-state index contributed by atoms with van der Waals surface area (Å²) in [5, 5.41) is 11.9. The lowest BCUT2D eigenvalue weighted by Crippen LogP contribution is -2.33. The summed E-state index contributed by atoms with van der Waals surface area (Å²) in [5.74, 6) is 0.0492. The van der Waals surface area contributed by atoms with Crippen LogP contribution in [0.15, 0.2) is 36.4 Å². The minimum absolute atomic E-state index is 0.521. The molecule has 2 aromatic rings. The summed E-state index contributed by atoms with van der Waals surface area (Å²) in [4.78, 5) is 10.9. The largest absolute Gasteiger partial charge is 0.488 e. The van der Waals surface area contributed by atoms with Crippen molar-refractivity contribution in [1.82, 2.24) is 5.32 Å². The van der Waals surface area contributed by atoms with E-state index >= 15 is 0 Å². The van der Waals surface area contributed by atoms with Crippen LogP contribution in [0.1, 0.15) is 34.7 Å². The highest BCUT2D eigenvalue weighted by Gasteiger charge is 2.11. The lowest BCUT2D eigenvalue weighted by atomic mass is 10.1. The van der Waals surface area contributed by atoms with Crippen LogP contribution in [0.2, 0.25) is 0 Å². The van der Waals surface area contributed by atoms with Gasteiger partial charge in [0.05, 0.1) is 0 Å². The Morgan fingerprint density at radius 2 is 1.79 bits per heavy atom. The lowest BCUT2D eigenvalue weighted by molar-refractivity contribution is -0.139. The highest BCUT2D eigenvalue weighted by Crippen LogP contribution is 2.26. The number of hydrogen-bond donors (Lipinski definition) is 2. The molecule has 0 aliphatic carbocycles. The first-order valence-corrected chi connectivity index (χ1v) is 8.11. The first-order chi connectivity index (χ1) is 11.4. The molecule has 0 radical (unpaired) electrons. The Morgan fingerprint density at radius 1 is 1.12 bits per heavy atom. The van der Waals surface area contributed by atoms with Gasteiger partial charge in [-0.2, -0.15) is 0 Å². The molecule has 0 aromatic heterocycles. The molecule has 0 unspecified atom stereocenters. The highest BCUT2D eigenvalue weighted by atomic mass is 16.5. The van der Waals surface area contributed by atoms with E-state index in [1.54, 1.807) is 6.92 Å². The number of aryl methyl sites for hydroxylation is 3. The third kappa shape index (κ3) is 4.83. The molecule has 2 rings (SSSR count). The minimum Gasteiger partial charge on any atom is -0.488 e. The Labute approximate surface area is 143 Å². The van der Waals surface area contributed by atoms with Crippen LogP contribution >= 0.6 is 0 Å². The SMILES string of the molecule is Cc1cccc(COc2c(C)cc(CN[C@H](C)C(=O)O)cc2C)c1. The van der Waals surface area contributed by atoms with E-state index < -0.39 is 12.0 Å². The fourth-order valence-electron chi connectivity index (χ4n) is 2.69. The summed E-state index contributed by atoms with van der Waals surface area (Å²) in [6.45, 7) is 8.80. The third-order valence-electron chi connectivity index (χ3n) is 3.97. The number of rotatable bonds is 7. The molecule has 0 heterocycles. The van der Waals surface area contributed by atoms with Gasteiger partial charge in [0.15, 0.2) is 0 Å². The Bertz CT molecular complexity index is 702. The van der Waals surface area contributed by atoms with Gasteiger partial charge in [0.25, 0.3) is 0 Å². The van der Waals surface area contributed by atoms with Crippen molar-refractivity contribution in [2.24, 2.45) is 0 Å². The predicted octanol–water partition coefficient (Wildman–Crippen LogP) is 3.75. The zero-order chi connectivity index (χ0) is 17.7. The summed E-state index contributed by atoms with van der Waals surface area (Å²) in [6, 6.07) is 11.8. The van der Waals surface area contributed by atoms with E-state index in [1.165, 1.54) is 5.56 Å². The molecule has 4 nitrogen and oxygen atoms in total. The smallest absolute Gasteiger partial charge is 0.320 e. The Kier molecular flexibility index (Phi) is 5.99. The molecule has 4 heteroatoms.